The van der Waals surface area contributed by atoms with Gasteiger partial charge in [0, 0.05) is 37.1 Å². The number of likely N-dealkylation sites (tertiary alicyclic amines) is 1. The predicted octanol–water partition coefficient (Wildman–Crippen LogP) is 1.78. The van der Waals surface area contributed by atoms with E-state index in [2.05, 4.69) is 21.4 Å². The van der Waals surface area contributed by atoms with Gasteiger partial charge in [-0.3, -0.25) is 9.69 Å². The Balaban J connectivity index is 1.72. The molecule has 0 aromatic carbocycles. The van der Waals surface area contributed by atoms with Crippen molar-refractivity contribution < 1.29 is 9.90 Å². The molecule has 0 bridgehead atoms. The van der Waals surface area contributed by atoms with E-state index >= 15 is 0 Å². The molecular weight excluding hydrogens is 262 g/mol. The Bertz CT molecular complexity index is 484. The van der Waals surface area contributed by atoms with Crippen LogP contribution in [0.3, 0.4) is 0 Å². The van der Waals surface area contributed by atoms with Crippen LogP contribution in [-0.2, 0) is 4.79 Å². The quantitative estimate of drug-likeness (QED) is 0.834. The highest BCUT2D eigenvalue weighted by molar-refractivity contribution is 7.99. The highest BCUT2D eigenvalue weighted by atomic mass is 32.2. The van der Waals surface area contributed by atoms with Gasteiger partial charge in [-0.1, -0.05) is 11.8 Å². The summed E-state index contributed by atoms with van der Waals surface area (Å²) in [4.78, 5) is 17.6. The normalized spacial score (nSPS) is 23.9. The van der Waals surface area contributed by atoms with Crippen LogP contribution in [0.15, 0.2) is 11.4 Å². The number of aryl methyl sites for hydroxylation is 1. The third kappa shape index (κ3) is 2.79. The molecule has 0 radical (unpaired) electrons. The molecule has 0 amide bonds. The zero-order valence-corrected chi connectivity index (χ0v) is 11.9. The Hall–Kier alpha value is -1.01. The molecule has 2 fully saturated rings. The smallest absolute Gasteiger partial charge is 0.313 e. The summed E-state index contributed by atoms with van der Waals surface area (Å²) >= 11 is 1.32. The molecule has 1 atom stereocenters. The van der Waals surface area contributed by atoms with Crippen molar-refractivity contribution in [3.05, 3.63) is 11.9 Å². The maximum absolute atomic E-state index is 10.7. The second-order valence-electron chi connectivity index (χ2n) is 5.40. The Morgan fingerprint density at radius 1 is 1.47 bits per heavy atom. The van der Waals surface area contributed by atoms with Crippen LogP contribution in [0.5, 0.6) is 0 Å². The van der Waals surface area contributed by atoms with Crippen molar-refractivity contribution in [1.29, 1.82) is 0 Å². The lowest BCUT2D eigenvalue weighted by Gasteiger charge is -2.18. The number of carbonyl (C=O) groups is 1. The predicted molar refractivity (Wildman–Crippen MR) is 73.6 cm³/mol. The number of hydrogen-bond donors (Lipinski definition) is 1. The van der Waals surface area contributed by atoms with Crippen molar-refractivity contribution >= 4 is 17.7 Å². The molecule has 2 aliphatic rings. The fourth-order valence-corrected chi connectivity index (χ4v) is 3.66. The molecule has 19 heavy (non-hydrogen) atoms. The van der Waals surface area contributed by atoms with E-state index in [-0.39, 0.29) is 5.75 Å². The maximum atomic E-state index is 10.7. The summed E-state index contributed by atoms with van der Waals surface area (Å²) in [5, 5.41) is 9.64. The SMILES string of the molecule is Cc1cnc(SCC(=O)O)n1C1CCN(C2CC2)C1. The summed E-state index contributed by atoms with van der Waals surface area (Å²) in [7, 11) is 0. The summed E-state index contributed by atoms with van der Waals surface area (Å²) in [5.41, 5.74) is 1.13. The molecule has 2 heterocycles. The van der Waals surface area contributed by atoms with Gasteiger partial charge >= 0.3 is 5.97 Å². The highest BCUT2D eigenvalue weighted by Crippen LogP contribution is 2.35. The van der Waals surface area contributed by atoms with E-state index in [1.54, 1.807) is 0 Å². The van der Waals surface area contributed by atoms with Gasteiger partial charge in [0.1, 0.15) is 0 Å². The van der Waals surface area contributed by atoms with Crippen LogP contribution >= 0.6 is 11.8 Å². The van der Waals surface area contributed by atoms with Gasteiger partial charge in [0.05, 0.1) is 5.75 Å². The second-order valence-corrected chi connectivity index (χ2v) is 6.35. The summed E-state index contributed by atoms with van der Waals surface area (Å²) in [6.45, 7) is 4.30. The van der Waals surface area contributed by atoms with Crippen molar-refractivity contribution in [2.24, 2.45) is 0 Å². The first-order valence-corrected chi connectivity index (χ1v) is 7.76. The molecule has 3 rings (SSSR count). The number of imidazole rings is 1. The number of aromatic nitrogens is 2. The molecule has 1 aromatic rings. The summed E-state index contributed by atoms with van der Waals surface area (Å²) in [6, 6.07) is 1.27. The number of nitrogens with zero attached hydrogens (tertiary/aromatic N) is 3. The van der Waals surface area contributed by atoms with E-state index in [0.29, 0.717) is 6.04 Å². The lowest BCUT2D eigenvalue weighted by Crippen LogP contribution is -2.24. The fraction of sp³-hybridized carbons (Fsp3) is 0.692. The topological polar surface area (TPSA) is 58.4 Å². The number of carboxylic acids is 1. The summed E-state index contributed by atoms with van der Waals surface area (Å²) < 4.78 is 2.23. The van der Waals surface area contributed by atoms with Crippen LogP contribution in [0.4, 0.5) is 0 Å². The van der Waals surface area contributed by atoms with Gasteiger partial charge < -0.3 is 9.67 Å². The van der Waals surface area contributed by atoms with Crippen molar-refractivity contribution in [3.8, 4) is 0 Å². The molecule has 1 saturated carbocycles. The second kappa shape index (κ2) is 5.17. The zero-order chi connectivity index (χ0) is 13.4. The van der Waals surface area contributed by atoms with E-state index in [1.807, 2.05) is 6.20 Å². The van der Waals surface area contributed by atoms with Crippen LogP contribution < -0.4 is 0 Å². The Morgan fingerprint density at radius 2 is 2.26 bits per heavy atom. The van der Waals surface area contributed by atoms with Crippen molar-refractivity contribution in [1.82, 2.24) is 14.5 Å². The minimum atomic E-state index is -0.789. The van der Waals surface area contributed by atoms with Crippen LogP contribution in [0, 0.1) is 6.92 Å². The number of carboxylic acid groups (broad SMARTS) is 1. The lowest BCUT2D eigenvalue weighted by molar-refractivity contribution is -0.133. The number of hydrogen-bond acceptors (Lipinski definition) is 4. The summed E-state index contributed by atoms with van der Waals surface area (Å²) in [6.07, 6.45) is 5.69. The van der Waals surface area contributed by atoms with Crippen LogP contribution in [0.1, 0.15) is 31.0 Å². The first kappa shape index (κ1) is 13.0. The van der Waals surface area contributed by atoms with E-state index in [4.69, 9.17) is 5.11 Å². The van der Waals surface area contributed by atoms with Crippen molar-refractivity contribution in [2.45, 2.75) is 43.4 Å². The molecule has 1 saturated heterocycles. The third-order valence-corrected chi connectivity index (χ3v) is 4.85. The molecule has 1 aliphatic heterocycles. The highest BCUT2D eigenvalue weighted by Gasteiger charge is 2.35. The van der Waals surface area contributed by atoms with E-state index in [1.165, 1.54) is 24.6 Å². The lowest BCUT2D eigenvalue weighted by atomic mass is 10.2. The average molecular weight is 281 g/mol. The molecule has 5 nitrogen and oxygen atoms in total. The van der Waals surface area contributed by atoms with Crippen molar-refractivity contribution in [2.75, 3.05) is 18.8 Å². The van der Waals surface area contributed by atoms with Gasteiger partial charge in [0.25, 0.3) is 0 Å². The maximum Gasteiger partial charge on any atom is 0.313 e. The van der Waals surface area contributed by atoms with E-state index in [9.17, 15) is 4.79 Å². The van der Waals surface area contributed by atoms with Gasteiger partial charge in [0.2, 0.25) is 0 Å². The Morgan fingerprint density at radius 3 is 2.95 bits per heavy atom. The van der Waals surface area contributed by atoms with Crippen molar-refractivity contribution in [3.63, 3.8) is 0 Å². The zero-order valence-electron chi connectivity index (χ0n) is 11.1. The van der Waals surface area contributed by atoms with Gasteiger partial charge in [-0.25, -0.2) is 4.98 Å². The first-order valence-electron chi connectivity index (χ1n) is 6.77. The minimum absolute atomic E-state index is 0.0789. The first-order chi connectivity index (χ1) is 9.15. The average Bonchev–Trinajstić information content (AvgIpc) is 2.99. The molecule has 1 aromatic heterocycles. The Kier molecular flexibility index (Phi) is 3.54. The van der Waals surface area contributed by atoms with Gasteiger partial charge in [0.15, 0.2) is 5.16 Å². The number of rotatable bonds is 5. The fourth-order valence-electron chi connectivity index (χ4n) is 2.85. The van der Waals surface area contributed by atoms with Gasteiger partial charge in [-0.15, -0.1) is 0 Å². The standard InChI is InChI=1S/C13H19N3O2S/c1-9-6-14-13(19-8-12(17)18)16(9)11-4-5-15(7-11)10-2-3-10/h6,10-11H,2-5,7-8H2,1H3,(H,17,18). The van der Waals surface area contributed by atoms with Crippen LogP contribution in [0.25, 0.3) is 0 Å². The summed E-state index contributed by atoms with van der Waals surface area (Å²) in [5.74, 6) is -0.710. The monoisotopic (exact) mass is 281 g/mol. The molecule has 104 valence electrons. The van der Waals surface area contributed by atoms with E-state index in [0.717, 1.165) is 36.4 Å². The number of thioether (sulfide) groups is 1. The Labute approximate surface area is 117 Å². The minimum Gasteiger partial charge on any atom is -0.481 e. The molecule has 1 unspecified atom stereocenters. The van der Waals surface area contributed by atoms with Gasteiger partial charge in [-0.05, 0) is 26.2 Å². The van der Waals surface area contributed by atoms with Crippen LogP contribution in [-0.4, -0.2) is 50.4 Å². The largest absolute Gasteiger partial charge is 0.481 e. The molecule has 0 spiro atoms. The molecule has 1 aliphatic carbocycles. The number of aliphatic carboxylic acids is 1. The molecule has 6 heteroatoms. The van der Waals surface area contributed by atoms with Crippen LogP contribution in [0.2, 0.25) is 0 Å². The van der Waals surface area contributed by atoms with E-state index < -0.39 is 5.97 Å². The van der Waals surface area contributed by atoms with Gasteiger partial charge in [-0.2, -0.15) is 0 Å². The molecule has 1 N–H and O–H groups in total. The molecular formula is C13H19N3O2S. The third-order valence-electron chi connectivity index (χ3n) is 3.90.